The summed E-state index contributed by atoms with van der Waals surface area (Å²) in [6.45, 7) is 2.68. The highest BCUT2D eigenvalue weighted by atomic mass is 32.1. The predicted octanol–water partition coefficient (Wildman–Crippen LogP) is 3.95. The molecule has 0 spiro atoms. The van der Waals surface area contributed by atoms with Gasteiger partial charge in [0.15, 0.2) is 0 Å². The third-order valence-electron chi connectivity index (χ3n) is 4.76. The molecule has 6 nitrogen and oxygen atoms in total. The highest BCUT2D eigenvalue weighted by Crippen LogP contribution is 2.25. The Morgan fingerprint density at radius 3 is 3.00 bits per heavy atom. The third kappa shape index (κ3) is 3.99. The van der Waals surface area contributed by atoms with E-state index in [1.807, 2.05) is 48.7 Å². The first-order valence-electron chi connectivity index (χ1n) is 9.28. The number of thiophene rings is 1. The first kappa shape index (κ1) is 18.4. The normalized spacial score (nSPS) is 15.0. The second kappa shape index (κ2) is 7.98. The van der Waals surface area contributed by atoms with Crippen LogP contribution in [0.15, 0.2) is 52.5 Å². The summed E-state index contributed by atoms with van der Waals surface area (Å²) in [6, 6.07) is 11.5. The Kier molecular flexibility index (Phi) is 5.25. The Morgan fingerprint density at radius 2 is 2.25 bits per heavy atom. The zero-order valence-electron chi connectivity index (χ0n) is 15.6. The minimum absolute atomic E-state index is 0.124. The first-order chi connectivity index (χ1) is 13.6. The van der Waals surface area contributed by atoms with E-state index >= 15 is 0 Å². The van der Waals surface area contributed by atoms with Gasteiger partial charge in [0.2, 0.25) is 17.7 Å². The molecule has 2 amide bonds. The van der Waals surface area contributed by atoms with E-state index in [1.165, 1.54) is 6.26 Å². The maximum atomic E-state index is 12.4. The molecule has 2 aromatic heterocycles. The molecule has 3 heterocycles. The van der Waals surface area contributed by atoms with E-state index < -0.39 is 0 Å². The molecule has 1 atom stereocenters. The fraction of sp³-hybridized carbons (Fsp3) is 0.286. The molecule has 1 unspecified atom stereocenters. The third-order valence-corrected chi connectivity index (χ3v) is 5.62. The standard InChI is InChI=1S/C21H21N3O3S/c1-14(15-5-2-6-17(11-15)24-9-3-8-20(24)26)22-19(25)12-16-13-27-21(23-16)18-7-4-10-28-18/h2,4-7,10-11,13-14H,3,8-9,12H2,1H3,(H,22,25). The van der Waals surface area contributed by atoms with Gasteiger partial charge in [0.1, 0.15) is 6.26 Å². The van der Waals surface area contributed by atoms with Crippen LogP contribution in [-0.2, 0) is 16.0 Å². The van der Waals surface area contributed by atoms with Crippen LogP contribution >= 0.6 is 11.3 Å². The highest BCUT2D eigenvalue weighted by Gasteiger charge is 2.22. The van der Waals surface area contributed by atoms with E-state index in [9.17, 15) is 9.59 Å². The Balaban J connectivity index is 1.39. The van der Waals surface area contributed by atoms with Crippen LogP contribution < -0.4 is 10.2 Å². The summed E-state index contributed by atoms with van der Waals surface area (Å²) in [5.41, 5.74) is 2.45. The lowest BCUT2D eigenvalue weighted by atomic mass is 10.1. The van der Waals surface area contributed by atoms with Gasteiger partial charge in [-0.05, 0) is 42.5 Å². The Bertz CT molecular complexity index is 980. The van der Waals surface area contributed by atoms with Gasteiger partial charge in [0.25, 0.3) is 0 Å². The molecule has 1 saturated heterocycles. The minimum atomic E-state index is -0.172. The first-order valence-corrected chi connectivity index (χ1v) is 10.2. The van der Waals surface area contributed by atoms with E-state index in [1.54, 1.807) is 16.2 Å². The van der Waals surface area contributed by atoms with Crippen molar-refractivity contribution in [3.8, 4) is 10.8 Å². The molecule has 1 aromatic carbocycles. The maximum Gasteiger partial charge on any atom is 0.236 e. The molecule has 0 saturated carbocycles. The van der Waals surface area contributed by atoms with Gasteiger partial charge in [-0.3, -0.25) is 9.59 Å². The van der Waals surface area contributed by atoms with Gasteiger partial charge in [-0.25, -0.2) is 4.98 Å². The summed E-state index contributed by atoms with van der Waals surface area (Å²) < 4.78 is 5.46. The van der Waals surface area contributed by atoms with Crippen LogP contribution in [0, 0.1) is 0 Å². The molecule has 3 aromatic rings. The lowest BCUT2D eigenvalue weighted by Gasteiger charge is -2.19. The largest absolute Gasteiger partial charge is 0.444 e. The van der Waals surface area contributed by atoms with E-state index in [4.69, 9.17) is 4.42 Å². The molecular weight excluding hydrogens is 374 g/mol. The van der Waals surface area contributed by atoms with Crippen LogP contribution in [0.4, 0.5) is 5.69 Å². The smallest absolute Gasteiger partial charge is 0.236 e. The Labute approximate surface area is 167 Å². The molecule has 0 aliphatic carbocycles. The summed E-state index contributed by atoms with van der Waals surface area (Å²) in [5.74, 6) is 0.566. The zero-order valence-corrected chi connectivity index (χ0v) is 16.4. The summed E-state index contributed by atoms with van der Waals surface area (Å²) in [7, 11) is 0. The topological polar surface area (TPSA) is 75.4 Å². The number of aromatic nitrogens is 1. The molecule has 0 bridgehead atoms. The van der Waals surface area contributed by atoms with Crippen molar-refractivity contribution in [1.82, 2.24) is 10.3 Å². The summed E-state index contributed by atoms with van der Waals surface area (Å²) in [4.78, 5) is 31.5. The molecule has 4 rings (SSSR count). The van der Waals surface area contributed by atoms with Crippen molar-refractivity contribution in [3.63, 3.8) is 0 Å². The monoisotopic (exact) mass is 395 g/mol. The second-order valence-corrected chi connectivity index (χ2v) is 7.78. The second-order valence-electron chi connectivity index (χ2n) is 6.83. The molecule has 1 aliphatic heterocycles. The van der Waals surface area contributed by atoms with Gasteiger partial charge in [0, 0.05) is 18.7 Å². The minimum Gasteiger partial charge on any atom is -0.444 e. The van der Waals surface area contributed by atoms with Gasteiger partial charge in [-0.1, -0.05) is 18.2 Å². The number of amides is 2. The maximum absolute atomic E-state index is 12.4. The van der Waals surface area contributed by atoms with E-state index in [-0.39, 0.29) is 24.3 Å². The molecule has 1 N–H and O–H groups in total. The molecule has 144 valence electrons. The lowest BCUT2D eigenvalue weighted by Crippen LogP contribution is -2.28. The van der Waals surface area contributed by atoms with Crippen molar-refractivity contribution < 1.29 is 14.0 Å². The van der Waals surface area contributed by atoms with E-state index in [2.05, 4.69) is 10.3 Å². The number of nitrogens with one attached hydrogen (secondary N) is 1. The van der Waals surface area contributed by atoms with Crippen molar-refractivity contribution in [3.05, 3.63) is 59.3 Å². The number of rotatable bonds is 6. The molecule has 1 fully saturated rings. The van der Waals surface area contributed by atoms with Gasteiger partial charge in [-0.2, -0.15) is 0 Å². The van der Waals surface area contributed by atoms with E-state index in [0.29, 0.717) is 18.0 Å². The summed E-state index contributed by atoms with van der Waals surface area (Å²) >= 11 is 1.54. The molecule has 28 heavy (non-hydrogen) atoms. The molecule has 7 heteroatoms. The van der Waals surface area contributed by atoms with Gasteiger partial charge >= 0.3 is 0 Å². The summed E-state index contributed by atoms with van der Waals surface area (Å²) in [6.07, 6.45) is 3.17. The fourth-order valence-electron chi connectivity index (χ4n) is 3.33. The quantitative estimate of drug-likeness (QED) is 0.686. The SMILES string of the molecule is CC(NC(=O)Cc1coc(-c2cccs2)n1)c1cccc(N2CCCC2=O)c1. The van der Waals surface area contributed by atoms with Crippen molar-refractivity contribution in [1.29, 1.82) is 0 Å². The van der Waals surface area contributed by atoms with Crippen LogP contribution in [0.25, 0.3) is 10.8 Å². The number of anilines is 1. The highest BCUT2D eigenvalue weighted by molar-refractivity contribution is 7.13. The Morgan fingerprint density at radius 1 is 1.36 bits per heavy atom. The van der Waals surface area contributed by atoms with Gasteiger partial charge in [0.05, 0.1) is 23.0 Å². The number of hydrogen-bond donors (Lipinski definition) is 1. The zero-order chi connectivity index (χ0) is 19.5. The molecular formula is C21H21N3O3S. The lowest BCUT2D eigenvalue weighted by molar-refractivity contribution is -0.121. The van der Waals surface area contributed by atoms with Crippen molar-refractivity contribution >= 4 is 28.8 Å². The van der Waals surface area contributed by atoms with Crippen LogP contribution in [0.3, 0.4) is 0 Å². The molecule has 0 radical (unpaired) electrons. The van der Waals surface area contributed by atoms with Crippen molar-refractivity contribution in [2.24, 2.45) is 0 Å². The number of carbonyl (C=O) groups excluding carboxylic acids is 2. The number of hydrogen-bond acceptors (Lipinski definition) is 5. The van der Waals surface area contributed by atoms with Crippen LogP contribution in [-0.4, -0.2) is 23.3 Å². The van der Waals surface area contributed by atoms with Crippen molar-refractivity contribution in [2.75, 3.05) is 11.4 Å². The predicted molar refractivity (Wildman–Crippen MR) is 108 cm³/mol. The summed E-state index contributed by atoms with van der Waals surface area (Å²) in [5, 5.41) is 4.95. The average Bonchev–Trinajstić information content (AvgIpc) is 3.43. The number of oxazole rings is 1. The number of benzene rings is 1. The Hall–Kier alpha value is -2.93. The van der Waals surface area contributed by atoms with E-state index in [0.717, 1.165) is 29.1 Å². The number of carbonyl (C=O) groups is 2. The average molecular weight is 395 g/mol. The van der Waals surface area contributed by atoms with Crippen LogP contribution in [0.1, 0.15) is 37.1 Å². The number of nitrogens with zero attached hydrogens (tertiary/aromatic N) is 2. The van der Waals surface area contributed by atoms with Crippen LogP contribution in [0.5, 0.6) is 0 Å². The van der Waals surface area contributed by atoms with Crippen LogP contribution in [0.2, 0.25) is 0 Å². The molecule has 1 aliphatic rings. The van der Waals surface area contributed by atoms with Crippen molar-refractivity contribution in [2.45, 2.75) is 32.2 Å². The van der Waals surface area contributed by atoms with Gasteiger partial charge < -0.3 is 14.6 Å². The van der Waals surface area contributed by atoms with Gasteiger partial charge in [-0.15, -0.1) is 11.3 Å². The fourth-order valence-corrected chi connectivity index (χ4v) is 3.98.